The number of carboxylic acid groups (broad SMARTS) is 1. The number of imide groups is 1. The number of carbonyl (C=O) groups is 3. The molecule has 2 amide bonds. The predicted molar refractivity (Wildman–Crippen MR) is 81.0 cm³/mol. The van der Waals surface area contributed by atoms with Gasteiger partial charge in [0.25, 0.3) is 11.1 Å². The Labute approximate surface area is 130 Å². The van der Waals surface area contributed by atoms with E-state index >= 15 is 0 Å². The molecule has 1 heterocycles. The van der Waals surface area contributed by atoms with Gasteiger partial charge in [-0.2, -0.15) is 0 Å². The number of benzene rings is 1. The molecule has 0 spiro atoms. The molecule has 21 heavy (non-hydrogen) atoms. The molecule has 0 aliphatic carbocycles. The third-order valence-corrected chi connectivity index (χ3v) is 4.09. The van der Waals surface area contributed by atoms with Crippen molar-refractivity contribution in [1.29, 1.82) is 0 Å². The van der Waals surface area contributed by atoms with E-state index < -0.39 is 11.9 Å². The summed E-state index contributed by atoms with van der Waals surface area (Å²) in [4.78, 5) is 35.7. The van der Waals surface area contributed by atoms with Gasteiger partial charge >= 0.3 is 5.97 Å². The van der Waals surface area contributed by atoms with Crippen LogP contribution in [0.3, 0.4) is 0 Å². The topological polar surface area (TPSA) is 74.7 Å². The summed E-state index contributed by atoms with van der Waals surface area (Å²) in [5, 5.41) is 8.69. The lowest BCUT2D eigenvalue weighted by molar-refractivity contribution is -0.137. The molecule has 0 saturated carbocycles. The molecular formula is C14H12ClNO4S. The van der Waals surface area contributed by atoms with E-state index in [-0.39, 0.29) is 24.6 Å². The zero-order valence-corrected chi connectivity index (χ0v) is 12.5. The van der Waals surface area contributed by atoms with Gasteiger partial charge in [-0.05, 0) is 35.9 Å². The fourth-order valence-corrected chi connectivity index (χ4v) is 2.86. The highest BCUT2D eigenvalue weighted by molar-refractivity contribution is 8.18. The lowest BCUT2D eigenvalue weighted by atomic mass is 10.2. The van der Waals surface area contributed by atoms with Crippen molar-refractivity contribution in [1.82, 2.24) is 4.90 Å². The first kappa shape index (κ1) is 15.6. The molecule has 5 nitrogen and oxygen atoms in total. The molecule has 110 valence electrons. The van der Waals surface area contributed by atoms with Crippen molar-refractivity contribution in [2.45, 2.75) is 12.8 Å². The standard InChI is InChI=1S/C14H12ClNO4S/c15-10-5-2-1-4-9(10)8-11-13(19)16(14(20)21-11)7-3-6-12(17)18/h1-2,4-5,8H,3,6-7H2,(H,17,18). The second kappa shape index (κ2) is 6.78. The van der Waals surface area contributed by atoms with Crippen LogP contribution in [-0.4, -0.2) is 33.7 Å². The minimum Gasteiger partial charge on any atom is -0.481 e. The molecule has 0 radical (unpaired) electrons. The van der Waals surface area contributed by atoms with Gasteiger partial charge in [0.05, 0.1) is 4.91 Å². The van der Waals surface area contributed by atoms with E-state index in [0.29, 0.717) is 15.5 Å². The highest BCUT2D eigenvalue weighted by atomic mass is 35.5. The van der Waals surface area contributed by atoms with Gasteiger partial charge in [0.2, 0.25) is 0 Å². The van der Waals surface area contributed by atoms with E-state index in [2.05, 4.69) is 0 Å². The Morgan fingerprint density at radius 2 is 2.05 bits per heavy atom. The van der Waals surface area contributed by atoms with Crippen molar-refractivity contribution in [3.05, 3.63) is 39.8 Å². The summed E-state index contributed by atoms with van der Waals surface area (Å²) in [6.45, 7) is 0.108. The monoisotopic (exact) mass is 325 g/mol. The number of hydrogen-bond donors (Lipinski definition) is 1. The third kappa shape index (κ3) is 3.86. The first-order chi connectivity index (χ1) is 9.99. The Hall–Kier alpha value is -1.79. The Morgan fingerprint density at radius 3 is 2.71 bits per heavy atom. The van der Waals surface area contributed by atoms with Gasteiger partial charge < -0.3 is 5.11 Å². The number of hydrogen-bond acceptors (Lipinski definition) is 4. The van der Waals surface area contributed by atoms with Crippen LogP contribution in [0.15, 0.2) is 29.2 Å². The number of aliphatic carboxylic acids is 1. The van der Waals surface area contributed by atoms with Crippen molar-refractivity contribution in [3.8, 4) is 0 Å². The zero-order chi connectivity index (χ0) is 15.4. The maximum Gasteiger partial charge on any atom is 0.303 e. The molecule has 7 heteroatoms. The van der Waals surface area contributed by atoms with E-state index in [4.69, 9.17) is 16.7 Å². The molecule has 1 N–H and O–H groups in total. The first-order valence-corrected chi connectivity index (χ1v) is 7.40. The summed E-state index contributed by atoms with van der Waals surface area (Å²) in [5.74, 6) is -1.36. The molecule has 0 unspecified atom stereocenters. The van der Waals surface area contributed by atoms with Crippen LogP contribution in [0.1, 0.15) is 18.4 Å². The molecule has 1 saturated heterocycles. The highest BCUT2D eigenvalue weighted by Crippen LogP contribution is 2.33. The maximum atomic E-state index is 12.1. The summed E-state index contributed by atoms with van der Waals surface area (Å²) in [7, 11) is 0. The van der Waals surface area contributed by atoms with Crippen molar-refractivity contribution in [3.63, 3.8) is 0 Å². The van der Waals surface area contributed by atoms with Crippen molar-refractivity contribution in [2.75, 3.05) is 6.54 Å². The lowest BCUT2D eigenvalue weighted by Gasteiger charge is -2.10. The predicted octanol–water partition coefficient (Wildman–Crippen LogP) is 3.24. The van der Waals surface area contributed by atoms with E-state index in [9.17, 15) is 14.4 Å². The lowest BCUT2D eigenvalue weighted by Crippen LogP contribution is -2.29. The van der Waals surface area contributed by atoms with Gasteiger partial charge in [-0.15, -0.1) is 0 Å². The van der Waals surface area contributed by atoms with Crippen LogP contribution in [0.25, 0.3) is 6.08 Å². The highest BCUT2D eigenvalue weighted by Gasteiger charge is 2.34. The van der Waals surface area contributed by atoms with E-state index in [1.807, 2.05) is 0 Å². The second-order valence-electron chi connectivity index (χ2n) is 4.35. The number of rotatable bonds is 5. The van der Waals surface area contributed by atoms with Gasteiger partial charge in [0.15, 0.2) is 0 Å². The first-order valence-electron chi connectivity index (χ1n) is 6.20. The van der Waals surface area contributed by atoms with Crippen LogP contribution in [0.2, 0.25) is 5.02 Å². The van der Waals surface area contributed by atoms with Crippen LogP contribution < -0.4 is 0 Å². The van der Waals surface area contributed by atoms with Gasteiger partial charge in [-0.1, -0.05) is 29.8 Å². The SMILES string of the molecule is O=C(O)CCCN1C(=O)SC(=Cc2ccccc2Cl)C1=O. The molecular weight excluding hydrogens is 314 g/mol. The molecule has 2 rings (SSSR count). The average molecular weight is 326 g/mol. The summed E-state index contributed by atoms with van der Waals surface area (Å²) in [6, 6.07) is 7.01. The minimum absolute atomic E-state index is 0.0781. The van der Waals surface area contributed by atoms with Gasteiger partial charge in [-0.25, -0.2) is 0 Å². The summed E-state index contributed by atoms with van der Waals surface area (Å²) in [6.07, 6.45) is 1.74. The summed E-state index contributed by atoms with van der Waals surface area (Å²) >= 11 is 6.85. The Balaban J connectivity index is 2.11. The number of carbonyl (C=O) groups excluding carboxylic acids is 2. The number of nitrogens with zero attached hydrogens (tertiary/aromatic N) is 1. The Bertz CT molecular complexity index is 629. The molecule has 0 bridgehead atoms. The zero-order valence-electron chi connectivity index (χ0n) is 10.9. The number of thioether (sulfide) groups is 1. The fourth-order valence-electron chi connectivity index (χ4n) is 1.81. The minimum atomic E-state index is -0.950. The van der Waals surface area contributed by atoms with Crippen LogP contribution >= 0.6 is 23.4 Å². The average Bonchev–Trinajstić information content (AvgIpc) is 2.68. The largest absolute Gasteiger partial charge is 0.481 e. The van der Waals surface area contributed by atoms with Crippen LogP contribution in [0.4, 0.5) is 4.79 Å². The van der Waals surface area contributed by atoms with Crippen molar-refractivity contribution in [2.24, 2.45) is 0 Å². The van der Waals surface area contributed by atoms with Crippen molar-refractivity contribution >= 4 is 46.6 Å². The van der Waals surface area contributed by atoms with Gasteiger partial charge in [0.1, 0.15) is 0 Å². The Morgan fingerprint density at radius 1 is 1.33 bits per heavy atom. The van der Waals surface area contributed by atoms with Crippen LogP contribution in [0, 0.1) is 0 Å². The van der Waals surface area contributed by atoms with E-state index in [0.717, 1.165) is 16.7 Å². The number of carboxylic acids is 1. The summed E-state index contributed by atoms with van der Waals surface area (Å²) in [5.41, 5.74) is 0.662. The number of halogens is 1. The number of amides is 2. The van der Waals surface area contributed by atoms with Gasteiger partial charge in [-0.3, -0.25) is 19.3 Å². The molecule has 1 aromatic carbocycles. The third-order valence-electron chi connectivity index (χ3n) is 2.84. The van der Waals surface area contributed by atoms with Crippen LogP contribution in [-0.2, 0) is 9.59 Å². The molecule has 1 aromatic rings. The Kier molecular flexibility index (Phi) is 5.03. The molecule has 1 aliphatic heterocycles. The summed E-state index contributed by atoms with van der Waals surface area (Å²) < 4.78 is 0. The molecule has 0 aromatic heterocycles. The maximum absolute atomic E-state index is 12.1. The van der Waals surface area contributed by atoms with Gasteiger partial charge in [0, 0.05) is 18.0 Å². The van der Waals surface area contributed by atoms with Crippen molar-refractivity contribution < 1.29 is 19.5 Å². The van der Waals surface area contributed by atoms with E-state index in [1.54, 1.807) is 30.3 Å². The van der Waals surface area contributed by atoms with Crippen LogP contribution in [0.5, 0.6) is 0 Å². The van der Waals surface area contributed by atoms with E-state index in [1.165, 1.54) is 0 Å². The quantitative estimate of drug-likeness (QED) is 0.841. The molecule has 0 atom stereocenters. The second-order valence-corrected chi connectivity index (χ2v) is 5.75. The normalized spacial score (nSPS) is 16.8. The molecule has 1 aliphatic rings. The fraction of sp³-hybridized carbons (Fsp3) is 0.214. The smallest absolute Gasteiger partial charge is 0.303 e. The molecule has 1 fully saturated rings.